The van der Waals surface area contributed by atoms with Crippen LogP contribution in [0.3, 0.4) is 0 Å². The van der Waals surface area contributed by atoms with Crippen LogP contribution in [-0.4, -0.2) is 19.3 Å². The van der Waals surface area contributed by atoms with Crippen LogP contribution in [0.5, 0.6) is 0 Å². The second kappa shape index (κ2) is 7.62. The predicted octanol–water partition coefficient (Wildman–Crippen LogP) is 4.67. The summed E-state index contributed by atoms with van der Waals surface area (Å²) in [5, 5.41) is 0.851. The van der Waals surface area contributed by atoms with Gasteiger partial charge < -0.3 is 0 Å². The molecule has 4 aromatic rings. The Morgan fingerprint density at radius 2 is 1.71 bits per heavy atom. The SMILES string of the molecule is Cn1c(=O)c(-c2ccc(Cl)c(Cl)c2)c(-c2ccncc2)n1Cc1cccnc1. The lowest BCUT2D eigenvalue weighted by molar-refractivity contribution is 0.542. The van der Waals surface area contributed by atoms with Crippen molar-refractivity contribution in [1.82, 2.24) is 19.3 Å². The maximum absolute atomic E-state index is 13.2. The average Bonchev–Trinajstić information content (AvgIpc) is 2.96. The molecule has 28 heavy (non-hydrogen) atoms. The smallest absolute Gasteiger partial charge is 0.274 e. The minimum absolute atomic E-state index is 0.117. The lowest BCUT2D eigenvalue weighted by Gasteiger charge is -2.13. The third-order valence-corrected chi connectivity index (χ3v) is 5.32. The van der Waals surface area contributed by atoms with Crippen LogP contribution in [0.25, 0.3) is 22.4 Å². The van der Waals surface area contributed by atoms with Crippen molar-refractivity contribution in [3.05, 3.63) is 93.2 Å². The van der Waals surface area contributed by atoms with E-state index in [0.717, 1.165) is 16.8 Å². The molecule has 140 valence electrons. The number of hydrogen-bond donors (Lipinski definition) is 0. The Bertz CT molecular complexity index is 1180. The maximum atomic E-state index is 13.2. The van der Waals surface area contributed by atoms with Gasteiger partial charge in [-0.15, -0.1) is 0 Å². The molecule has 3 heterocycles. The monoisotopic (exact) mass is 410 g/mol. The quantitative estimate of drug-likeness (QED) is 0.491. The van der Waals surface area contributed by atoms with Gasteiger partial charge in [-0.05, 0) is 41.5 Å². The lowest BCUT2D eigenvalue weighted by atomic mass is 10.0. The van der Waals surface area contributed by atoms with Crippen LogP contribution in [0.2, 0.25) is 10.0 Å². The fourth-order valence-corrected chi connectivity index (χ4v) is 3.51. The second-order valence-electron chi connectivity index (χ2n) is 6.34. The van der Waals surface area contributed by atoms with E-state index in [0.29, 0.717) is 27.7 Å². The van der Waals surface area contributed by atoms with E-state index in [1.54, 1.807) is 48.6 Å². The van der Waals surface area contributed by atoms with E-state index >= 15 is 0 Å². The predicted molar refractivity (Wildman–Crippen MR) is 112 cm³/mol. The highest BCUT2D eigenvalue weighted by atomic mass is 35.5. The van der Waals surface area contributed by atoms with Crippen molar-refractivity contribution in [2.45, 2.75) is 6.54 Å². The average molecular weight is 411 g/mol. The lowest BCUT2D eigenvalue weighted by Crippen LogP contribution is -2.20. The van der Waals surface area contributed by atoms with E-state index in [9.17, 15) is 4.79 Å². The molecule has 0 saturated carbocycles. The third kappa shape index (κ3) is 3.35. The highest BCUT2D eigenvalue weighted by molar-refractivity contribution is 6.42. The summed E-state index contributed by atoms with van der Waals surface area (Å²) in [5.41, 5.74) is 3.83. The minimum atomic E-state index is -0.117. The number of nitrogens with zero attached hydrogens (tertiary/aromatic N) is 4. The highest BCUT2D eigenvalue weighted by Crippen LogP contribution is 2.33. The van der Waals surface area contributed by atoms with Crippen molar-refractivity contribution in [3.63, 3.8) is 0 Å². The third-order valence-electron chi connectivity index (χ3n) is 4.58. The molecule has 0 amide bonds. The van der Waals surface area contributed by atoms with Crippen molar-refractivity contribution < 1.29 is 0 Å². The molecule has 0 N–H and O–H groups in total. The van der Waals surface area contributed by atoms with Crippen molar-refractivity contribution in [3.8, 4) is 22.4 Å². The molecule has 0 aliphatic heterocycles. The van der Waals surface area contributed by atoms with Gasteiger partial charge in [-0.3, -0.25) is 24.1 Å². The maximum Gasteiger partial charge on any atom is 0.274 e. The molecule has 0 aliphatic rings. The molecule has 0 aliphatic carbocycles. The summed E-state index contributed by atoms with van der Waals surface area (Å²) in [4.78, 5) is 21.5. The zero-order valence-electron chi connectivity index (χ0n) is 15.0. The molecule has 0 unspecified atom stereocenters. The van der Waals surface area contributed by atoms with Gasteiger partial charge in [0.1, 0.15) is 0 Å². The summed E-state index contributed by atoms with van der Waals surface area (Å²) in [6.45, 7) is 0.499. The summed E-state index contributed by atoms with van der Waals surface area (Å²) in [6, 6.07) is 12.9. The number of pyridine rings is 2. The molecule has 4 rings (SSSR count). The van der Waals surface area contributed by atoms with Gasteiger partial charge in [-0.2, -0.15) is 0 Å². The Balaban J connectivity index is 1.99. The standard InChI is InChI=1S/C21H16Cl2N4O/c1-26-21(28)19(16-4-5-17(22)18(23)11-16)20(15-6-9-24-10-7-15)27(26)13-14-3-2-8-25-12-14/h2-12H,13H2,1H3. The summed E-state index contributed by atoms with van der Waals surface area (Å²) in [5.74, 6) is 0. The van der Waals surface area contributed by atoms with E-state index in [-0.39, 0.29) is 5.56 Å². The van der Waals surface area contributed by atoms with Crippen LogP contribution in [0.1, 0.15) is 5.56 Å². The van der Waals surface area contributed by atoms with Crippen LogP contribution in [0, 0.1) is 0 Å². The Hall–Kier alpha value is -2.89. The van der Waals surface area contributed by atoms with Gasteiger partial charge in [0.2, 0.25) is 0 Å². The summed E-state index contributed by atoms with van der Waals surface area (Å²) in [7, 11) is 1.75. The van der Waals surface area contributed by atoms with Gasteiger partial charge in [0.05, 0.1) is 27.8 Å². The Morgan fingerprint density at radius 3 is 2.39 bits per heavy atom. The largest absolute Gasteiger partial charge is 0.277 e. The summed E-state index contributed by atoms with van der Waals surface area (Å²) < 4.78 is 3.55. The van der Waals surface area contributed by atoms with Crippen LogP contribution >= 0.6 is 23.2 Å². The normalized spacial score (nSPS) is 11.0. The van der Waals surface area contributed by atoms with Crippen LogP contribution in [0.4, 0.5) is 0 Å². The Labute approximate surface area is 171 Å². The van der Waals surface area contributed by atoms with Crippen molar-refractivity contribution in [2.24, 2.45) is 7.05 Å². The van der Waals surface area contributed by atoms with Gasteiger partial charge in [0.15, 0.2) is 0 Å². The molecule has 0 spiro atoms. The molecule has 0 atom stereocenters. The number of halogens is 2. The van der Waals surface area contributed by atoms with Crippen molar-refractivity contribution >= 4 is 23.2 Å². The molecule has 1 aromatic carbocycles. The molecule has 0 bridgehead atoms. The van der Waals surface area contributed by atoms with Crippen molar-refractivity contribution in [2.75, 3.05) is 0 Å². The summed E-state index contributed by atoms with van der Waals surface area (Å²) >= 11 is 12.3. The summed E-state index contributed by atoms with van der Waals surface area (Å²) in [6.07, 6.45) is 6.93. The van der Waals surface area contributed by atoms with E-state index < -0.39 is 0 Å². The van der Waals surface area contributed by atoms with Gasteiger partial charge in [-0.25, -0.2) is 0 Å². The topological polar surface area (TPSA) is 52.7 Å². The van der Waals surface area contributed by atoms with Gasteiger partial charge in [0.25, 0.3) is 5.56 Å². The van der Waals surface area contributed by atoms with E-state index in [4.69, 9.17) is 23.2 Å². The molecule has 3 aromatic heterocycles. The molecular weight excluding hydrogens is 395 g/mol. The highest BCUT2D eigenvalue weighted by Gasteiger charge is 2.22. The zero-order chi connectivity index (χ0) is 19.7. The number of rotatable bonds is 4. The van der Waals surface area contributed by atoms with Gasteiger partial charge >= 0.3 is 0 Å². The van der Waals surface area contributed by atoms with Crippen LogP contribution in [-0.2, 0) is 13.6 Å². The molecule has 0 fully saturated rings. The first-order chi connectivity index (χ1) is 13.6. The molecule has 0 radical (unpaired) electrons. The first-order valence-corrected chi connectivity index (χ1v) is 9.36. The van der Waals surface area contributed by atoms with Gasteiger partial charge in [-0.1, -0.05) is 35.3 Å². The molecule has 5 nitrogen and oxygen atoms in total. The Morgan fingerprint density at radius 1 is 0.929 bits per heavy atom. The fourth-order valence-electron chi connectivity index (χ4n) is 3.22. The van der Waals surface area contributed by atoms with Crippen molar-refractivity contribution in [1.29, 1.82) is 0 Å². The van der Waals surface area contributed by atoms with Crippen LogP contribution in [0.15, 0.2) is 72.0 Å². The molecule has 7 heteroatoms. The fraction of sp³-hybridized carbons (Fsp3) is 0.0952. The number of aromatic nitrogens is 4. The zero-order valence-corrected chi connectivity index (χ0v) is 16.5. The minimum Gasteiger partial charge on any atom is -0.277 e. The first-order valence-electron chi connectivity index (χ1n) is 8.61. The second-order valence-corrected chi connectivity index (χ2v) is 7.15. The van der Waals surface area contributed by atoms with Crippen LogP contribution < -0.4 is 5.56 Å². The van der Waals surface area contributed by atoms with E-state index in [1.807, 2.05) is 35.0 Å². The number of hydrogen-bond acceptors (Lipinski definition) is 3. The van der Waals surface area contributed by atoms with E-state index in [2.05, 4.69) is 9.97 Å². The first kappa shape index (κ1) is 18.5. The molecule has 0 saturated heterocycles. The van der Waals surface area contributed by atoms with E-state index in [1.165, 1.54) is 0 Å². The number of benzene rings is 1. The Kier molecular flexibility index (Phi) is 5.03. The molecular formula is C21H16Cl2N4O. The van der Waals surface area contributed by atoms with Gasteiger partial charge in [0, 0.05) is 37.4 Å².